The Bertz CT molecular complexity index is 690. The third-order valence-electron chi connectivity index (χ3n) is 4.46. The molecule has 2 N–H and O–H groups in total. The Morgan fingerprint density at radius 1 is 1.12 bits per heavy atom. The minimum atomic E-state index is -0.230. The average Bonchev–Trinajstić information content (AvgIpc) is 2.67. The molecule has 1 saturated heterocycles. The van der Waals surface area contributed by atoms with Crippen molar-refractivity contribution in [3.8, 4) is 5.75 Å². The summed E-state index contributed by atoms with van der Waals surface area (Å²) in [6.07, 6.45) is 0. The number of halogens is 2. The standard InChI is InChI=1S/C20H25BrFN3O/c21-18-3-6-20(26-15-16-1-4-19(22)5-2-16)17(13-18)14-24-9-12-25-10-7-23-8-11-25/h1-6,13,23-24H,7-12,14-15H2. The van der Waals surface area contributed by atoms with E-state index in [1.54, 1.807) is 12.1 Å². The number of piperazine rings is 1. The quantitative estimate of drug-likeness (QED) is 0.641. The van der Waals surface area contributed by atoms with Gasteiger partial charge < -0.3 is 15.4 Å². The summed E-state index contributed by atoms with van der Waals surface area (Å²) in [6.45, 7) is 7.57. The second-order valence-corrected chi connectivity index (χ2v) is 7.35. The minimum Gasteiger partial charge on any atom is -0.489 e. The highest BCUT2D eigenvalue weighted by Gasteiger charge is 2.09. The summed E-state index contributed by atoms with van der Waals surface area (Å²) in [7, 11) is 0. The van der Waals surface area contributed by atoms with Crippen molar-refractivity contribution in [1.29, 1.82) is 0 Å². The molecule has 4 nitrogen and oxygen atoms in total. The van der Waals surface area contributed by atoms with Gasteiger partial charge in [-0.2, -0.15) is 0 Å². The molecule has 0 atom stereocenters. The largest absolute Gasteiger partial charge is 0.489 e. The van der Waals surface area contributed by atoms with Crippen LogP contribution >= 0.6 is 15.9 Å². The van der Waals surface area contributed by atoms with E-state index in [2.05, 4.69) is 37.5 Å². The molecule has 3 rings (SSSR count). The molecular weight excluding hydrogens is 397 g/mol. The number of hydrogen-bond donors (Lipinski definition) is 2. The Morgan fingerprint density at radius 2 is 1.88 bits per heavy atom. The molecule has 0 saturated carbocycles. The number of hydrogen-bond acceptors (Lipinski definition) is 4. The normalized spacial score (nSPS) is 15.2. The number of benzene rings is 2. The second kappa shape index (κ2) is 10.0. The summed E-state index contributed by atoms with van der Waals surface area (Å²) < 4.78 is 20.0. The average molecular weight is 422 g/mol. The van der Waals surface area contributed by atoms with Crippen molar-refractivity contribution in [3.05, 3.63) is 63.9 Å². The number of rotatable bonds is 8. The first kappa shape index (κ1) is 19.3. The van der Waals surface area contributed by atoms with Crippen molar-refractivity contribution in [3.63, 3.8) is 0 Å². The zero-order valence-electron chi connectivity index (χ0n) is 14.8. The van der Waals surface area contributed by atoms with Crippen LogP contribution in [0.5, 0.6) is 5.75 Å². The maximum atomic E-state index is 13.0. The monoisotopic (exact) mass is 421 g/mol. The minimum absolute atomic E-state index is 0.230. The zero-order chi connectivity index (χ0) is 18.2. The zero-order valence-corrected chi connectivity index (χ0v) is 16.4. The van der Waals surface area contributed by atoms with E-state index >= 15 is 0 Å². The molecular formula is C20H25BrFN3O. The second-order valence-electron chi connectivity index (χ2n) is 6.44. The van der Waals surface area contributed by atoms with E-state index in [0.717, 1.165) is 67.2 Å². The molecule has 0 bridgehead atoms. The molecule has 0 unspecified atom stereocenters. The van der Waals surface area contributed by atoms with Gasteiger partial charge in [0.15, 0.2) is 0 Å². The van der Waals surface area contributed by atoms with Crippen LogP contribution in [-0.2, 0) is 13.2 Å². The molecule has 26 heavy (non-hydrogen) atoms. The van der Waals surface area contributed by atoms with Crippen molar-refractivity contribution < 1.29 is 9.13 Å². The Hall–Kier alpha value is -1.47. The van der Waals surface area contributed by atoms with Crippen LogP contribution in [0.4, 0.5) is 4.39 Å². The third kappa shape index (κ3) is 6.06. The Kier molecular flexibility index (Phi) is 7.43. The van der Waals surface area contributed by atoms with Crippen LogP contribution in [0.1, 0.15) is 11.1 Å². The highest BCUT2D eigenvalue weighted by atomic mass is 79.9. The van der Waals surface area contributed by atoms with Crippen molar-refractivity contribution in [2.45, 2.75) is 13.2 Å². The van der Waals surface area contributed by atoms with Gasteiger partial charge in [0.2, 0.25) is 0 Å². The van der Waals surface area contributed by atoms with Crippen LogP contribution in [-0.4, -0.2) is 44.2 Å². The van der Waals surface area contributed by atoms with Gasteiger partial charge in [0.1, 0.15) is 18.2 Å². The number of nitrogens with one attached hydrogen (secondary N) is 2. The summed E-state index contributed by atoms with van der Waals surface area (Å²) >= 11 is 3.53. The van der Waals surface area contributed by atoms with Crippen LogP contribution in [0, 0.1) is 5.82 Å². The fourth-order valence-electron chi connectivity index (χ4n) is 2.96. The van der Waals surface area contributed by atoms with Gasteiger partial charge in [0, 0.05) is 55.8 Å². The van der Waals surface area contributed by atoms with Crippen LogP contribution in [0.15, 0.2) is 46.9 Å². The van der Waals surface area contributed by atoms with E-state index < -0.39 is 0 Å². The van der Waals surface area contributed by atoms with Crippen molar-refractivity contribution in [1.82, 2.24) is 15.5 Å². The van der Waals surface area contributed by atoms with E-state index in [9.17, 15) is 4.39 Å². The maximum Gasteiger partial charge on any atom is 0.124 e. The first-order valence-corrected chi connectivity index (χ1v) is 9.79. The maximum absolute atomic E-state index is 13.0. The first-order valence-electron chi connectivity index (χ1n) is 9.00. The summed E-state index contributed by atoms with van der Waals surface area (Å²) in [5, 5.41) is 6.88. The highest BCUT2D eigenvalue weighted by Crippen LogP contribution is 2.24. The van der Waals surface area contributed by atoms with Crippen molar-refractivity contribution in [2.75, 3.05) is 39.3 Å². The van der Waals surface area contributed by atoms with Crippen molar-refractivity contribution in [2.24, 2.45) is 0 Å². The summed E-state index contributed by atoms with van der Waals surface area (Å²) in [4.78, 5) is 2.47. The van der Waals surface area contributed by atoms with Gasteiger partial charge in [-0.25, -0.2) is 4.39 Å². The molecule has 2 aromatic rings. The van der Waals surface area contributed by atoms with Crippen LogP contribution in [0.25, 0.3) is 0 Å². The van der Waals surface area contributed by atoms with Gasteiger partial charge in [-0.15, -0.1) is 0 Å². The topological polar surface area (TPSA) is 36.5 Å². The lowest BCUT2D eigenvalue weighted by molar-refractivity contribution is 0.240. The van der Waals surface area contributed by atoms with Gasteiger partial charge in [0.25, 0.3) is 0 Å². The lowest BCUT2D eigenvalue weighted by atomic mass is 10.2. The Morgan fingerprint density at radius 3 is 2.65 bits per heavy atom. The van der Waals surface area contributed by atoms with E-state index in [0.29, 0.717) is 6.61 Å². The molecule has 1 heterocycles. The number of nitrogens with zero attached hydrogens (tertiary/aromatic N) is 1. The molecule has 1 aliphatic rings. The van der Waals surface area contributed by atoms with E-state index in [1.165, 1.54) is 12.1 Å². The van der Waals surface area contributed by atoms with Gasteiger partial charge in [-0.1, -0.05) is 28.1 Å². The van der Waals surface area contributed by atoms with Crippen LogP contribution < -0.4 is 15.4 Å². The van der Waals surface area contributed by atoms with Gasteiger partial charge in [-0.05, 0) is 35.9 Å². The smallest absolute Gasteiger partial charge is 0.124 e. The third-order valence-corrected chi connectivity index (χ3v) is 4.95. The molecule has 0 aliphatic carbocycles. The predicted octanol–water partition coefficient (Wildman–Crippen LogP) is 3.16. The first-order chi connectivity index (χ1) is 12.7. The Balaban J connectivity index is 1.50. The molecule has 0 aromatic heterocycles. The lowest BCUT2D eigenvalue weighted by Crippen LogP contribution is -2.45. The molecule has 0 amide bonds. The highest BCUT2D eigenvalue weighted by molar-refractivity contribution is 9.10. The summed E-state index contributed by atoms with van der Waals surface area (Å²) in [5.41, 5.74) is 2.06. The fraction of sp³-hybridized carbons (Fsp3) is 0.400. The SMILES string of the molecule is Fc1ccc(COc2ccc(Br)cc2CNCCN2CCNCC2)cc1. The van der Waals surface area contributed by atoms with Crippen molar-refractivity contribution >= 4 is 15.9 Å². The molecule has 0 radical (unpaired) electrons. The van der Waals surface area contributed by atoms with E-state index in [4.69, 9.17) is 4.74 Å². The van der Waals surface area contributed by atoms with Crippen LogP contribution in [0.3, 0.4) is 0 Å². The van der Waals surface area contributed by atoms with Gasteiger partial charge in [-0.3, -0.25) is 4.90 Å². The molecule has 6 heteroatoms. The van der Waals surface area contributed by atoms with Gasteiger partial charge >= 0.3 is 0 Å². The summed E-state index contributed by atoms with van der Waals surface area (Å²) in [6, 6.07) is 12.4. The number of ether oxygens (including phenoxy) is 1. The molecule has 1 aliphatic heterocycles. The fourth-order valence-corrected chi connectivity index (χ4v) is 3.37. The predicted molar refractivity (Wildman–Crippen MR) is 106 cm³/mol. The van der Waals surface area contributed by atoms with Gasteiger partial charge in [0.05, 0.1) is 0 Å². The van der Waals surface area contributed by atoms with E-state index in [1.807, 2.05) is 12.1 Å². The molecule has 1 fully saturated rings. The van der Waals surface area contributed by atoms with E-state index in [-0.39, 0.29) is 5.82 Å². The lowest BCUT2D eigenvalue weighted by Gasteiger charge is -2.27. The molecule has 2 aromatic carbocycles. The molecule has 140 valence electrons. The molecule has 0 spiro atoms. The Labute approximate surface area is 162 Å². The van der Waals surface area contributed by atoms with Crippen LogP contribution in [0.2, 0.25) is 0 Å². The summed E-state index contributed by atoms with van der Waals surface area (Å²) in [5.74, 6) is 0.624.